The summed E-state index contributed by atoms with van der Waals surface area (Å²) in [5, 5.41) is 9.22. The van der Waals surface area contributed by atoms with Crippen LogP contribution in [0.3, 0.4) is 0 Å². The molecule has 0 radical (unpaired) electrons. The Labute approximate surface area is 91.5 Å². The van der Waals surface area contributed by atoms with Crippen LogP contribution in [0.4, 0.5) is 0 Å². The number of benzene rings is 1. The lowest BCUT2D eigenvalue weighted by Crippen LogP contribution is -2.18. The van der Waals surface area contributed by atoms with Crippen LogP contribution >= 0.6 is 0 Å². The van der Waals surface area contributed by atoms with Crippen LogP contribution in [0.2, 0.25) is 0 Å². The second-order valence-electron chi connectivity index (χ2n) is 3.92. The Morgan fingerprint density at radius 3 is 2.33 bits per heavy atom. The third-order valence-electron chi connectivity index (χ3n) is 2.72. The van der Waals surface area contributed by atoms with Gasteiger partial charge in [-0.1, -0.05) is 25.5 Å². The number of rotatable bonds is 4. The van der Waals surface area contributed by atoms with Gasteiger partial charge in [-0.3, -0.25) is 0 Å². The molecular formula is C13H17NO. The molecule has 1 rings (SSSR count). The van der Waals surface area contributed by atoms with E-state index in [1.807, 2.05) is 31.2 Å². The van der Waals surface area contributed by atoms with Gasteiger partial charge < -0.3 is 4.74 Å². The number of hydrogen-bond acceptors (Lipinski definition) is 2. The summed E-state index contributed by atoms with van der Waals surface area (Å²) < 4.78 is 5.09. The summed E-state index contributed by atoms with van der Waals surface area (Å²) in [5.74, 6) is 0.829. The zero-order valence-electron chi connectivity index (χ0n) is 9.58. The molecule has 0 aliphatic heterocycles. The van der Waals surface area contributed by atoms with E-state index in [2.05, 4.69) is 13.0 Å². The van der Waals surface area contributed by atoms with Crippen molar-refractivity contribution in [2.24, 2.45) is 0 Å². The van der Waals surface area contributed by atoms with Crippen molar-refractivity contribution in [3.63, 3.8) is 0 Å². The van der Waals surface area contributed by atoms with Gasteiger partial charge in [0.1, 0.15) is 5.75 Å². The Balaban J connectivity index is 2.98. The highest BCUT2D eigenvalue weighted by atomic mass is 16.5. The second-order valence-corrected chi connectivity index (χ2v) is 3.92. The molecule has 0 aromatic heterocycles. The van der Waals surface area contributed by atoms with Gasteiger partial charge in [0, 0.05) is 0 Å². The SMILES string of the molecule is CCCC(C)(C#N)c1ccc(OC)cc1. The largest absolute Gasteiger partial charge is 0.497 e. The molecule has 2 heteroatoms. The molecule has 0 N–H and O–H groups in total. The fourth-order valence-electron chi connectivity index (χ4n) is 1.72. The molecule has 0 fully saturated rings. The topological polar surface area (TPSA) is 33.0 Å². The van der Waals surface area contributed by atoms with Crippen LogP contribution < -0.4 is 4.74 Å². The molecule has 1 aromatic rings. The molecule has 0 saturated heterocycles. The minimum atomic E-state index is -0.374. The normalized spacial score (nSPS) is 14.0. The Hall–Kier alpha value is -1.49. The van der Waals surface area contributed by atoms with Crippen molar-refractivity contribution in [2.45, 2.75) is 32.1 Å². The van der Waals surface area contributed by atoms with E-state index in [0.29, 0.717) is 0 Å². The molecule has 0 aliphatic rings. The van der Waals surface area contributed by atoms with E-state index in [0.717, 1.165) is 24.2 Å². The van der Waals surface area contributed by atoms with E-state index in [-0.39, 0.29) is 5.41 Å². The minimum absolute atomic E-state index is 0.374. The first kappa shape index (κ1) is 11.6. The summed E-state index contributed by atoms with van der Waals surface area (Å²) in [5.41, 5.74) is 0.689. The van der Waals surface area contributed by atoms with E-state index < -0.39 is 0 Å². The molecule has 0 aliphatic carbocycles. The summed E-state index contributed by atoms with van der Waals surface area (Å²) in [4.78, 5) is 0. The molecule has 1 unspecified atom stereocenters. The van der Waals surface area contributed by atoms with Crippen molar-refractivity contribution in [1.82, 2.24) is 0 Å². The number of nitriles is 1. The third-order valence-corrected chi connectivity index (χ3v) is 2.72. The zero-order valence-corrected chi connectivity index (χ0v) is 9.58. The van der Waals surface area contributed by atoms with Gasteiger partial charge in [0.05, 0.1) is 18.6 Å². The standard InChI is InChI=1S/C13H17NO/c1-4-9-13(2,10-14)11-5-7-12(15-3)8-6-11/h5-8H,4,9H2,1-3H3. The molecule has 0 spiro atoms. The fraction of sp³-hybridized carbons (Fsp3) is 0.462. The Bertz CT molecular complexity index is 350. The molecule has 1 atom stereocenters. The lowest BCUT2D eigenvalue weighted by atomic mass is 9.80. The molecule has 0 heterocycles. The maximum atomic E-state index is 9.22. The maximum Gasteiger partial charge on any atom is 0.118 e. The number of ether oxygens (including phenoxy) is 1. The monoisotopic (exact) mass is 203 g/mol. The number of hydrogen-bond donors (Lipinski definition) is 0. The number of nitrogens with zero attached hydrogens (tertiary/aromatic N) is 1. The van der Waals surface area contributed by atoms with Gasteiger partial charge >= 0.3 is 0 Å². The highest BCUT2D eigenvalue weighted by Gasteiger charge is 2.24. The average molecular weight is 203 g/mol. The number of methoxy groups -OCH3 is 1. The first-order valence-electron chi connectivity index (χ1n) is 5.22. The molecule has 1 aromatic carbocycles. The zero-order chi connectivity index (χ0) is 11.3. The lowest BCUT2D eigenvalue weighted by molar-refractivity contribution is 0.414. The molecular weight excluding hydrogens is 186 g/mol. The smallest absolute Gasteiger partial charge is 0.118 e. The summed E-state index contributed by atoms with van der Waals surface area (Å²) in [6.45, 7) is 4.08. The molecule has 80 valence electrons. The second kappa shape index (κ2) is 4.84. The van der Waals surface area contributed by atoms with Crippen molar-refractivity contribution in [3.8, 4) is 11.8 Å². The van der Waals surface area contributed by atoms with Gasteiger partial charge in [0.25, 0.3) is 0 Å². The van der Waals surface area contributed by atoms with Crippen molar-refractivity contribution in [3.05, 3.63) is 29.8 Å². The molecule has 0 amide bonds. The summed E-state index contributed by atoms with van der Waals surface area (Å²) in [7, 11) is 1.64. The highest BCUT2D eigenvalue weighted by molar-refractivity contribution is 5.35. The van der Waals surface area contributed by atoms with Crippen LogP contribution in [0.5, 0.6) is 5.75 Å². The summed E-state index contributed by atoms with van der Waals surface area (Å²) >= 11 is 0. The van der Waals surface area contributed by atoms with Crippen LogP contribution in [0, 0.1) is 11.3 Å². The fourth-order valence-corrected chi connectivity index (χ4v) is 1.72. The van der Waals surface area contributed by atoms with Crippen LogP contribution in [-0.4, -0.2) is 7.11 Å². The van der Waals surface area contributed by atoms with Gasteiger partial charge in [0.2, 0.25) is 0 Å². The molecule has 2 nitrogen and oxygen atoms in total. The van der Waals surface area contributed by atoms with Crippen molar-refractivity contribution in [1.29, 1.82) is 5.26 Å². The van der Waals surface area contributed by atoms with E-state index in [9.17, 15) is 5.26 Å². The Kier molecular flexibility index (Phi) is 3.74. The van der Waals surface area contributed by atoms with Crippen LogP contribution in [0.15, 0.2) is 24.3 Å². The Morgan fingerprint density at radius 2 is 1.93 bits per heavy atom. The quantitative estimate of drug-likeness (QED) is 0.752. The predicted molar refractivity (Wildman–Crippen MR) is 60.9 cm³/mol. The lowest BCUT2D eigenvalue weighted by Gasteiger charge is -2.21. The first-order valence-corrected chi connectivity index (χ1v) is 5.22. The third kappa shape index (κ3) is 2.50. The van der Waals surface area contributed by atoms with E-state index in [1.54, 1.807) is 7.11 Å². The van der Waals surface area contributed by atoms with Gasteiger partial charge in [0.15, 0.2) is 0 Å². The van der Waals surface area contributed by atoms with Crippen molar-refractivity contribution >= 4 is 0 Å². The van der Waals surface area contributed by atoms with Crippen molar-refractivity contribution < 1.29 is 4.74 Å². The van der Waals surface area contributed by atoms with Gasteiger partial charge in [-0.2, -0.15) is 5.26 Å². The minimum Gasteiger partial charge on any atom is -0.497 e. The van der Waals surface area contributed by atoms with Gasteiger partial charge in [-0.05, 0) is 31.0 Å². The van der Waals surface area contributed by atoms with E-state index in [4.69, 9.17) is 4.74 Å². The molecule has 0 saturated carbocycles. The van der Waals surface area contributed by atoms with Crippen molar-refractivity contribution in [2.75, 3.05) is 7.11 Å². The highest BCUT2D eigenvalue weighted by Crippen LogP contribution is 2.29. The summed E-state index contributed by atoms with van der Waals surface area (Å²) in [6.07, 6.45) is 1.89. The van der Waals surface area contributed by atoms with Crippen LogP contribution in [0.1, 0.15) is 32.3 Å². The first-order chi connectivity index (χ1) is 7.16. The molecule has 15 heavy (non-hydrogen) atoms. The Morgan fingerprint density at radius 1 is 1.33 bits per heavy atom. The van der Waals surface area contributed by atoms with E-state index >= 15 is 0 Å². The van der Waals surface area contributed by atoms with Crippen LogP contribution in [-0.2, 0) is 5.41 Å². The molecule has 0 bridgehead atoms. The van der Waals surface area contributed by atoms with Crippen LogP contribution in [0.25, 0.3) is 0 Å². The summed E-state index contributed by atoms with van der Waals surface area (Å²) in [6, 6.07) is 10.1. The average Bonchev–Trinajstić information content (AvgIpc) is 2.29. The van der Waals surface area contributed by atoms with Gasteiger partial charge in [-0.15, -0.1) is 0 Å². The van der Waals surface area contributed by atoms with E-state index in [1.165, 1.54) is 0 Å². The predicted octanol–water partition coefficient (Wildman–Crippen LogP) is 3.28. The maximum absolute atomic E-state index is 9.22. The van der Waals surface area contributed by atoms with Gasteiger partial charge in [-0.25, -0.2) is 0 Å².